The summed E-state index contributed by atoms with van der Waals surface area (Å²) in [6, 6.07) is 11.5. The minimum Gasteiger partial charge on any atom is -0.489 e. The summed E-state index contributed by atoms with van der Waals surface area (Å²) in [4.78, 5) is 3.99. The van der Waals surface area contributed by atoms with Gasteiger partial charge < -0.3 is 15.2 Å². The molecule has 0 saturated carbocycles. The van der Waals surface area contributed by atoms with Crippen LogP contribution in [0, 0.1) is 0 Å². The average molecular weight is 272 g/mol. The third-order valence-electron chi connectivity index (χ3n) is 2.91. The second-order valence-corrected chi connectivity index (χ2v) is 4.46. The number of anilines is 1. The highest BCUT2D eigenvalue weighted by molar-refractivity contribution is 5.51. The Kier molecular flexibility index (Phi) is 5.86. The number of nitrogen functional groups attached to an aromatic ring is 1. The number of nitrogens with zero attached hydrogens (tertiary/aromatic N) is 1. The Bertz CT molecular complexity index is 503. The number of hydrogen-bond acceptors (Lipinski definition) is 4. The quantitative estimate of drug-likeness (QED) is 0.593. The van der Waals surface area contributed by atoms with Crippen molar-refractivity contribution in [3.05, 3.63) is 54.4 Å². The number of nitrogens with two attached hydrogens (primary N) is 1. The first-order chi connectivity index (χ1) is 9.86. The van der Waals surface area contributed by atoms with Gasteiger partial charge in [-0.15, -0.1) is 0 Å². The van der Waals surface area contributed by atoms with Crippen LogP contribution in [0.1, 0.15) is 12.0 Å². The molecule has 0 unspecified atom stereocenters. The van der Waals surface area contributed by atoms with Gasteiger partial charge in [0.2, 0.25) is 0 Å². The van der Waals surface area contributed by atoms with Crippen molar-refractivity contribution in [3.8, 4) is 5.75 Å². The normalized spacial score (nSPS) is 10.4. The van der Waals surface area contributed by atoms with Crippen LogP contribution in [0.25, 0.3) is 0 Å². The van der Waals surface area contributed by atoms with Crippen LogP contribution in [-0.2, 0) is 11.2 Å². The van der Waals surface area contributed by atoms with Crippen molar-refractivity contribution in [1.29, 1.82) is 0 Å². The van der Waals surface area contributed by atoms with Crippen molar-refractivity contribution in [3.63, 3.8) is 0 Å². The molecule has 0 aliphatic carbocycles. The predicted octanol–water partition coefficient (Wildman–Crippen LogP) is 2.69. The first-order valence-electron chi connectivity index (χ1n) is 6.80. The molecule has 1 aromatic carbocycles. The molecule has 0 saturated heterocycles. The molecular weight excluding hydrogens is 252 g/mol. The second-order valence-electron chi connectivity index (χ2n) is 4.46. The monoisotopic (exact) mass is 272 g/mol. The lowest BCUT2D eigenvalue weighted by molar-refractivity contribution is 0.0988. The van der Waals surface area contributed by atoms with Gasteiger partial charge in [0.05, 0.1) is 12.3 Å². The zero-order valence-corrected chi connectivity index (χ0v) is 11.5. The van der Waals surface area contributed by atoms with Gasteiger partial charge in [0, 0.05) is 19.0 Å². The number of rotatable bonds is 8. The van der Waals surface area contributed by atoms with Crippen LogP contribution in [-0.4, -0.2) is 24.8 Å². The molecule has 4 nitrogen and oxygen atoms in total. The number of hydrogen-bond donors (Lipinski definition) is 1. The van der Waals surface area contributed by atoms with E-state index in [4.69, 9.17) is 15.2 Å². The Morgan fingerprint density at radius 1 is 0.950 bits per heavy atom. The van der Waals surface area contributed by atoms with E-state index in [9.17, 15) is 0 Å². The smallest absolute Gasteiger partial charge is 0.142 e. The molecule has 0 spiro atoms. The lowest BCUT2D eigenvalue weighted by Gasteiger charge is -2.09. The van der Waals surface area contributed by atoms with E-state index >= 15 is 0 Å². The Balaban J connectivity index is 1.53. The van der Waals surface area contributed by atoms with E-state index in [2.05, 4.69) is 4.98 Å². The topological polar surface area (TPSA) is 57.4 Å². The van der Waals surface area contributed by atoms with Crippen LogP contribution in [0.3, 0.4) is 0 Å². The van der Waals surface area contributed by atoms with E-state index in [1.165, 1.54) is 5.56 Å². The van der Waals surface area contributed by atoms with Gasteiger partial charge >= 0.3 is 0 Å². The molecular formula is C16H20N2O2. The predicted molar refractivity (Wildman–Crippen MR) is 79.7 cm³/mol. The Hall–Kier alpha value is -2.07. The fourth-order valence-corrected chi connectivity index (χ4v) is 1.85. The van der Waals surface area contributed by atoms with Crippen LogP contribution in [0.5, 0.6) is 5.75 Å². The lowest BCUT2D eigenvalue weighted by atomic mass is 10.1. The molecule has 0 amide bonds. The van der Waals surface area contributed by atoms with E-state index in [-0.39, 0.29) is 0 Å². The maximum atomic E-state index is 5.78. The summed E-state index contributed by atoms with van der Waals surface area (Å²) >= 11 is 0. The van der Waals surface area contributed by atoms with Crippen LogP contribution >= 0.6 is 0 Å². The van der Waals surface area contributed by atoms with Crippen molar-refractivity contribution < 1.29 is 9.47 Å². The summed E-state index contributed by atoms with van der Waals surface area (Å²) in [7, 11) is 0. The molecule has 4 heteroatoms. The molecule has 1 heterocycles. The molecule has 20 heavy (non-hydrogen) atoms. The number of aromatic nitrogens is 1. The Morgan fingerprint density at radius 3 is 2.55 bits per heavy atom. The molecule has 0 aliphatic rings. The molecule has 0 fully saturated rings. The highest BCUT2D eigenvalue weighted by Gasteiger charge is 1.98. The Morgan fingerprint density at radius 2 is 1.75 bits per heavy atom. The fourth-order valence-electron chi connectivity index (χ4n) is 1.85. The minimum atomic E-state index is 0.517. The first kappa shape index (κ1) is 14.3. The van der Waals surface area contributed by atoms with E-state index in [1.54, 1.807) is 0 Å². The van der Waals surface area contributed by atoms with Gasteiger partial charge in [-0.05, 0) is 42.7 Å². The molecule has 2 N–H and O–H groups in total. The summed E-state index contributed by atoms with van der Waals surface area (Å²) < 4.78 is 11.1. The van der Waals surface area contributed by atoms with E-state index in [0.717, 1.165) is 19.4 Å². The second kappa shape index (κ2) is 8.17. The van der Waals surface area contributed by atoms with E-state index < -0.39 is 0 Å². The average Bonchev–Trinajstić information content (AvgIpc) is 2.49. The number of aryl methyl sites for hydroxylation is 1. The molecule has 2 aromatic rings. The fraction of sp³-hybridized carbons (Fsp3) is 0.312. The van der Waals surface area contributed by atoms with Gasteiger partial charge in [-0.3, -0.25) is 4.98 Å². The van der Waals surface area contributed by atoms with Crippen LogP contribution in [0.15, 0.2) is 48.8 Å². The molecule has 0 radical (unpaired) electrons. The molecule has 0 aliphatic heterocycles. The van der Waals surface area contributed by atoms with Gasteiger partial charge in [-0.1, -0.05) is 12.1 Å². The standard InChI is InChI=1S/C16H20N2O2/c17-15-5-1-2-6-16(15)20-13-12-19-11-3-4-14-7-9-18-10-8-14/h1-2,5-10H,3-4,11-13,17H2. The highest BCUT2D eigenvalue weighted by atomic mass is 16.5. The molecule has 0 atom stereocenters. The maximum absolute atomic E-state index is 5.78. The zero-order valence-electron chi connectivity index (χ0n) is 11.5. The largest absolute Gasteiger partial charge is 0.489 e. The minimum absolute atomic E-state index is 0.517. The van der Waals surface area contributed by atoms with Crippen LogP contribution in [0.2, 0.25) is 0 Å². The van der Waals surface area contributed by atoms with Gasteiger partial charge in [0.25, 0.3) is 0 Å². The maximum Gasteiger partial charge on any atom is 0.142 e. The number of para-hydroxylation sites is 2. The van der Waals surface area contributed by atoms with Gasteiger partial charge in [-0.2, -0.15) is 0 Å². The number of pyridine rings is 1. The highest BCUT2D eigenvalue weighted by Crippen LogP contribution is 2.19. The van der Waals surface area contributed by atoms with Crippen molar-refractivity contribution >= 4 is 5.69 Å². The third kappa shape index (κ3) is 4.90. The molecule has 2 rings (SSSR count). The van der Waals surface area contributed by atoms with E-state index in [0.29, 0.717) is 24.7 Å². The molecule has 0 bridgehead atoms. The van der Waals surface area contributed by atoms with Crippen molar-refractivity contribution in [2.45, 2.75) is 12.8 Å². The lowest BCUT2D eigenvalue weighted by Crippen LogP contribution is -2.08. The summed E-state index contributed by atoms with van der Waals surface area (Å²) in [6.45, 7) is 1.82. The van der Waals surface area contributed by atoms with Gasteiger partial charge in [-0.25, -0.2) is 0 Å². The summed E-state index contributed by atoms with van der Waals surface area (Å²) in [5, 5.41) is 0. The summed E-state index contributed by atoms with van der Waals surface area (Å²) in [5.41, 5.74) is 7.72. The number of ether oxygens (including phenoxy) is 2. The van der Waals surface area contributed by atoms with Crippen molar-refractivity contribution in [2.75, 3.05) is 25.6 Å². The zero-order chi connectivity index (χ0) is 14.0. The molecule has 1 aromatic heterocycles. The van der Waals surface area contributed by atoms with Crippen molar-refractivity contribution in [1.82, 2.24) is 4.98 Å². The van der Waals surface area contributed by atoms with Gasteiger partial charge in [0.15, 0.2) is 0 Å². The summed E-state index contributed by atoms with van der Waals surface area (Å²) in [5.74, 6) is 0.716. The molecule has 106 valence electrons. The summed E-state index contributed by atoms with van der Waals surface area (Å²) in [6.07, 6.45) is 5.63. The Labute approximate surface area is 119 Å². The van der Waals surface area contributed by atoms with E-state index in [1.807, 2.05) is 48.8 Å². The van der Waals surface area contributed by atoms with Crippen molar-refractivity contribution in [2.24, 2.45) is 0 Å². The van der Waals surface area contributed by atoms with Crippen LogP contribution in [0.4, 0.5) is 5.69 Å². The van der Waals surface area contributed by atoms with Crippen LogP contribution < -0.4 is 10.5 Å². The van der Waals surface area contributed by atoms with Gasteiger partial charge in [0.1, 0.15) is 12.4 Å². The third-order valence-corrected chi connectivity index (χ3v) is 2.91. The number of benzene rings is 1. The first-order valence-corrected chi connectivity index (χ1v) is 6.80. The SMILES string of the molecule is Nc1ccccc1OCCOCCCc1ccncc1.